The number of carbonyl (C=O) groups excluding carboxylic acids is 1. The van der Waals surface area contributed by atoms with Crippen LogP contribution in [0, 0.1) is 6.92 Å². The first-order valence-corrected chi connectivity index (χ1v) is 13.1. The van der Waals surface area contributed by atoms with Crippen LogP contribution in [0.25, 0.3) is 0 Å². The van der Waals surface area contributed by atoms with E-state index in [1.54, 1.807) is 36.0 Å². The van der Waals surface area contributed by atoms with Gasteiger partial charge in [-0.15, -0.1) is 0 Å². The first-order chi connectivity index (χ1) is 15.2. The lowest BCUT2D eigenvalue weighted by atomic mass is 10.2. The van der Waals surface area contributed by atoms with Gasteiger partial charge in [0.1, 0.15) is 4.90 Å². The maximum absolute atomic E-state index is 12.8. The molecule has 5 nitrogen and oxygen atoms in total. The van der Waals surface area contributed by atoms with Crippen molar-refractivity contribution in [1.82, 2.24) is 5.32 Å². The van der Waals surface area contributed by atoms with Gasteiger partial charge in [-0.05, 0) is 55.0 Å². The minimum Gasteiger partial charge on any atom is -0.351 e. The molecule has 0 spiro atoms. The molecule has 0 fully saturated rings. The van der Waals surface area contributed by atoms with E-state index in [-0.39, 0.29) is 21.4 Å². The molecule has 0 saturated carbocycles. The Balaban J connectivity index is 1.59. The van der Waals surface area contributed by atoms with Gasteiger partial charge in [-0.25, -0.2) is 8.42 Å². The van der Waals surface area contributed by atoms with Gasteiger partial charge in [0, 0.05) is 34.3 Å². The second kappa shape index (κ2) is 11.1. The number of carbonyl (C=O) groups is 1. The second-order valence-corrected chi connectivity index (χ2v) is 10.7. The van der Waals surface area contributed by atoms with Crippen LogP contribution in [0.15, 0.2) is 71.6 Å². The van der Waals surface area contributed by atoms with E-state index < -0.39 is 10.0 Å². The minimum absolute atomic E-state index is 0.0400. The Morgan fingerprint density at radius 1 is 1.00 bits per heavy atom. The van der Waals surface area contributed by atoms with Crippen molar-refractivity contribution < 1.29 is 13.2 Å². The first kappa shape index (κ1) is 24.5. The first-order valence-electron chi connectivity index (χ1n) is 9.74. The molecular formula is C23H22Cl2N2O3S2. The topological polar surface area (TPSA) is 75.3 Å². The lowest BCUT2D eigenvalue weighted by Crippen LogP contribution is -2.26. The van der Waals surface area contributed by atoms with E-state index in [0.29, 0.717) is 23.0 Å². The van der Waals surface area contributed by atoms with E-state index in [1.165, 1.54) is 18.2 Å². The third-order valence-electron chi connectivity index (χ3n) is 4.48. The van der Waals surface area contributed by atoms with Gasteiger partial charge in [-0.1, -0.05) is 53.0 Å². The molecule has 0 unspecified atom stereocenters. The van der Waals surface area contributed by atoms with Gasteiger partial charge in [0.2, 0.25) is 0 Å². The number of sulfonamides is 1. The number of aryl methyl sites for hydroxylation is 1. The summed E-state index contributed by atoms with van der Waals surface area (Å²) in [7, 11) is -3.95. The number of halogens is 2. The largest absolute Gasteiger partial charge is 0.351 e. The van der Waals surface area contributed by atoms with E-state index in [0.717, 1.165) is 16.9 Å². The number of benzene rings is 3. The Morgan fingerprint density at radius 2 is 1.75 bits per heavy atom. The highest BCUT2D eigenvalue weighted by atomic mass is 35.5. The zero-order chi connectivity index (χ0) is 23.1. The molecule has 0 aliphatic heterocycles. The smallest absolute Gasteiger partial charge is 0.263 e. The van der Waals surface area contributed by atoms with Crippen molar-refractivity contribution in [3.05, 3.63) is 93.5 Å². The van der Waals surface area contributed by atoms with Gasteiger partial charge in [0.15, 0.2) is 0 Å². The molecule has 0 aliphatic rings. The normalized spacial score (nSPS) is 11.2. The molecule has 168 valence electrons. The molecule has 0 heterocycles. The summed E-state index contributed by atoms with van der Waals surface area (Å²) in [6.07, 6.45) is 0. The number of anilines is 1. The molecule has 0 atom stereocenters. The fourth-order valence-corrected chi connectivity index (χ4v) is 5.44. The average Bonchev–Trinajstić information content (AvgIpc) is 2.75. The molecule has 0 radical (unpaired) electrons. The van der Waals surface area contributed by atoms with E-state index in [1.807, 2.05) is 31.2 Å². The standard InChI is InChI=1S/C23H22Cl2N2O3S2/c1-16-5-8-20(9-6-16)27-32(29,30)22-14-18(7-10-21(22)25)23(28)26-11-12-31-15-17-3-2-4-19(24)13-17/h2-10,13-14,27H,11-12,15H2,1H3,(H,26,28). The molecule has 0 bridgehead atoms. The van der Waals surface area contributed by atoms with Crippen molar-refractivity contribution in [3.8, 4) is 0 Å². The van der Waals surface area contributed by atoms with Crippen molar-refractivity contribution >= 4 is 56.6 Å². The minimum atomic E-state index is -3.95. The zero-order valence-corrected chi connectivity index (χ0v) is 20.4. The Morgan fingerprint density at radius 3 is 2.47 bits per heavy atom. The summed E-state index contributed by atoms with van der Waals surface area (Å²) in [6.45, 7) is 2.35. The van der Waals surface area contributed by atoms with Gasteiger partial charge >= 0.3 is 0 Å². The van der Waals surface area contributed by atoms with Gasteiger partial charge < -0.3 is 5.32 Å². The maximum atomic E-state index is 12.8. The van der Waals surface area contributed by atoms with Crippen LogP contribution in [-0.2, 0) is 15.8 Å². The third-order valence-corrected chi connectivity index (χ3v) is 7.60. The van der Waals surface area contributed by atoms with Crippen LogP contribution in [0.3, 0.4) is 0 Å². The molecule has 3 aromatic rings. The van der Waals surface area contributed by atoms with Gasteiger partial charge in [-0.3, -0.25) is 9.52 Å². The molecule has 1 amide bonds. The highest BCUT2D eigenvalue weighted by Crippen LogP contribution is 2.25. The van der Waals surface area contributed by atoms with Crippen molar-refractivity contribution in [2.45, 2.75) is 17.6 Å². The molecule has 2 N–H and O–H groups in total. The average molecular weight is 509 g/mol. The van der Waals surface area contributed by atoms with Crippen LogP contribution >= 0.6 is 35.0 Å². The van der Waals surface area contributed by atoms with Crippen LogP contribution in [0.1, 0.15) is 21.5 Å². The zero-order valence-electron chi connectivity index (χ0n) is 17.3. The third kappa shape index (κ3) is 6.90. The molecule has 9 heteroatoms. The lowest BCUT2D eigenvalue weighted by molar-refractivity contribution is 0.0956. The fraction of sp³-hybridized carbons (Fsp3) is 0.174. The van der Waals surface area contributed by atoms with Crippen molar-refractivity contribution in [2.24, 2.45) is 0 Å². The number of nitrogens with one attached hydrogen (secondary N) is 2. The van der Waals surface area contributed by atoms with Gasteiger partial charge in [0.25, 0.3) is 15.9 Å². The quantitative estimate of drug-likeness (QED) is 0.360. The highest BCUT2D eigenvalue weighted by Gasteiger charge is 2.20. The molecule has 0 aliphatic carbocycles. The molecule has 3 aromatic carbocycles. The van der Waals surface area contributed by atoms with E-state index >= 15 is 0 Å². The Bertz CT molecular complexity index is 1200. The van der Waals surface area contributed by atoms with Crippen LogP contribution in [0.4, 0.5) is 5.69 Å². The maximum Gasteiger partial charge on any atom is 0.263 e. The predicted molar refractivity (Wildman–Crippen MR) is 133 cm³/mol. The molecule has 32 heavy (non-hydrogen) atoms. The van der Waals surface area contributed by atoms with Crippen molar-refractivity contribution in [3.63, 3.8) is 0 Å². The predicted octanol–water partition coefficient (Wildman–Crippen LogP) is 5.77. The van der Waals surface area contributed by atoms with Gasteiger partial charge in [0.05, 0.1) is 5.02 Å². The number of amides is 1. The summed E-state index contributed by atoms with van der Waals surface area (Å²) in [5.41, 5.74) is 2.76. The summed E-state index contributed by atoms with van der Waals surface area (Å²) >= 11 is 13.8. The van der Waals surface area contributed by atoms with E-state index in [4.69, 9.17) is 23.2 Å². The lowest BCUT2D eigenvalue weighted by Gasteiger charge is -2.12. The van der Waals surface area contributed by atoms with Crippen molar-refractivity contribution in [2.75, 3.05) is 17.0 Å². The van der Waals surface area contributed by atoms with Crippen LogP contribution in [-0.4, -0.2) is 26.6 Å². The monoisotopic (exact) mass is 508 g/mol. The number of rotatable bonds is 9. The summed E-state index contributed by atoms with van der Waals surface area (Å²) in [5.74, 6) is 1.12. The van der Waals surface area contributed by atoms with E-state index in [9.17, 15) is 13.2 Å². The molecule has 0 aromatic heterocycles. The SMILES string of the molecule is Cc1ccc(NS(=O)(=O)c2cc(C(=O)NCCSCc3cccc(Cl)c3)ccc2Cl)cc1. The van der Waals surface area contributed by atoms with Crippen LogP contribution in [0.5, 0.6) is 0 Å². The summed E-state index contributed by atoms with van der Waals surface area (Å²) in [5, 5.41) is 3.54. The Kier molecular flexibility index (Phi) is 8.48. The van der Waals surface area contributed by atoms with Crippen LogP contribution < -0.4 is 10.0 Å². The highest BCUT2D eigenvalue weighted by molar-refractivity contribution is 7.98. The van der Waals surface area contributed by atoms with Crippen molar-refractivity contribution in [1.29, 1.82) is 0 Å². The molecular weight excluding hydrogens is 487 g/mol. The molecule has 0 saturated heterocycles. The molecule has 3 rings (SSSR count). The second-order valence-electron chi connectivity index (χ2n) is 7.06. The number of hydrogen-bond acceptors (Lipinski definition) is 4. The fourth-order valence-electron chi connectivity index (χ4n) is 2.84. The summed E-state index contributed by atoms with van der Waals surface area (Å²) in [4.78, 5) is 12.4. The Labute approximate surface area is 202 Å². The summed E-state index contributed by atoms with van der Waals surface area (Å²) in [6, 6.07) is 18.8. The summed E-state index contributed by atoms with van der Waals surface area (Å²) < 4.78 is 28.1. The Hall–Kier alpha value is -2.19. The van der Waals surface area contributed by atoms with Gasteiger partial charge in [-0.2, -0.15) is 11.8 Å². The number of hydrogen-bond donors (Lipinski definition) is 2. The van der Waals surface area contributed by atoms with Crippen LogP contribution in [0.2, 0.25) is 10.0 Å². The van der Waals surface area contributed by atoms with E-state index in [2.05, 4.69) is 10.0 Å². The number of thioether (sulfide) groups is 1.